The standard InChI is InChI=1S/C17H16N2O3/c1-19-17(21)13-8-11(16(18)20)7-12-14(9-22-15(12)13)10-5-3-2-4-6-10/h2-8,14H,9H2,1H3,(H2,18,20)(H,19,21)/t14-/m0/s1. The average Bonchev–Trinajstić information content (AvgIpc) is 2.97. The summed E-state index contributed by atoms with van der Waals surface area (Å²) < 4.78 is 5.74. The molecule has 5 nitrogen and oxygen atoms in total. The fourth-order valence-electron chi connectivity index (χ4n) is 2.73. The molecule has 1 atom stereocenters. The Morgan fingerprint density at radius 2 is 1.95 bits per heavy atom. The molecular formula is C17H16N2O3. The zero-order valence-electron chi connectivity index (χ0n) is 12.1. The van der Waals surface area contributed by atoms with Gasteiger partial charge in [0.25, 0.3) is 5.91 Å². The first-order chi connectivity index (χ1) is 10.6. The molecule has 5 heteroatoms. The van der Waals surface area contributed by atoms with Gasteiger partial charge in [0.05, 0.1) is 12.2 Å². The van der Waals surface area contributed by atoms with E-state index in [1.165, 1.54) is 13.1 Å². The Hall–Kier alpha value is -2.82. The number of carbonyl (C=O) groups is 2. The van der Waals surface area contributed by atoms with Crippen molar-refractivity contribution in [2.45, 2.75) is 5.92 Å². The summed E-state index contributed by atoms with van der Waals surface area (Å²) in [6, 6.07) is 13.0. The number of primary amides is 1. The summed E-state index contributed by atoms with van der Waals surface area (Å²) in [7, 11) is 1.54. The molecule has 2 aromatic rings. The maximum Gasteiger partial charge on any atom is 0.254 e. The van der Waals surface area contributed by atoms with Crippen LogP contribution < -0.4 is 15.8 Å². The number of fused-ring (bicyclic) bond motifs is 1. The fourth-order valence-corrected chi connectivity index (χ4v) is 2.73. The minimum atomic E-state index is -0.563. The predicted molar refractivity (Wildman–Crippen MR) is 82.1 cm³/mol. The third-order valence-electron chi connectivity index (χ3n) is 3.85. The van der Waals surface area contributed by atoms with Crippen molar-refractivity contribution >= 4 is 11.8 Å². The van der Waals surface area contributed by atoms with Gasteiger partial charge in [0.15, 0.2) is 0 Å². The molecule has 0 fully saturated rings. The van der Waals surface area contributed by atoms with E-state index in [1.54, 1.807) is 6.07 Å². The number of carbonyl (C=O) groups excluding carboxylic acids is 2. The first-order valence-corrected chi connectivity index (χ1v) is 6.99. The van der Waals surface area contributed by atoms with E-state index in [0.717, 1.165) is 11.1 Å². The molecule has 0 unspecified atom stereocenters. The summed E-state index contributed by atoms with van der Waals surface area (Å²) in [6.45, 7) is 0.436. The highest BCUT2D eigenvalue weighted by atomic mass is 16.5. The molecule has 3 rings (SSSR count). The molecule has 0 spiro atoms. The summed E-state index contributed by atoms with van der Waals surface area (Å²) in [5, 5.41) is 2.56. The second-order valence-corrected chi connectivity index (χ2v) is 5.16. The first-order valence-electron chi connectivity index (χ1n) is 6.99. The van der Waals surface area contributed by atoms with Gasteiger partial charge in [-0.25, -0.2) is 0 Å². The van der Waals surface area contributed by atoms with Crippen LogP contribution in [0.2, 0.25) is 0 Å². The molecule has 0 saturated carbocycles. The van der Waals surface area contributed by atoms with E-state index in [2.05, 4.69) is 5.32 Å². The van der Waals surface area contributed by atoms with Crippen molar-refractivity contribution < 1.29 is 14.3 Å². The van der Waals surface area contributed by atoms with Crippen LogP contribution in [0.4, 0.5) is 0 Å². The van der Waals surface area contributed by atoms with Gasteiger partial charge in [0.1, 0.15) is 5.75 Å². The zero-order valence-corrected chi connectivity index (χ0v) is 12.1. The quantitative estimate of drug-likeness (QED) is 0.904. The van der Waals surface area contributed by atoms with Gasteiger partial charge in [-0.05, 0) is 17.7 Å². The van der Waals surface area contributed by atoms with Gasteiger partial charge >= 0.3 is 0 Å². The largest absolute Gasteiger partial charge is 0.491 e. The van der Waals surface area contributed by atoms with E-state index in [-0.39, 0.29) is 11.8 Å². The lowest BCUT2D eigenvalue weighted by atomic mass is 9.90. The Kier molecular flexibility index (Phi) is 3.55. The molecule has 0 aromatic heterocycles. The third kappa shape index (κ3) is 2.30. The van der Waals surface area contributed by atoms with Crippen LogP contribution in [0.3, 0.4) is 0 Å². The third-order valence-corrected chi connectivity index (χ3v) is 3.85. The molecule has 0 aliphatic carbocycles. The monoisotopic (exact) mass is 296 g/mol. The number of rotatable bonds is 3. The predicted octanol–water partition coefficient (Wildman–Crippen LogP) is 1.67. The summed E-state index contributed by atoms with van der Waals surface area (Å²) in [5.41, 5.74) is 7.94. The van der Waals surface area contributed by atoms with Crippen molar-refractivity contribution in [3.05, 3.63) is 64.7 Å². The molecule has 2 amide bonds. The molecule has 0 radical (unpaired) electrons. The fraction of sp³-hybridized carbons (Fsp3) is 0.176. The molecule has 1 heterocycles. The van der Waals surface area contributed by atoms with Gasteiger partial charge < -0.3 is 15.8 Å². The summed E-state index contributed by atoms with van der Waals surface area (Å²) in [6.07, 6.45) is 0. The Morgan fingerprint density at radius 1 is 1.23 bits per heavy atom. The topological polar surface area (TPSA) is 81.4 Å². The number of nitrogens with one attached hydrogen (secondary N) is 1. The minimum absolute atomic E-state index is 0.0149. The van der Waals surface area contributed by atoms with Gasteiger partial charge in [-0.1, -0.05) is 30.3 Å². The number of benzene rings is 2. The molecule has 1 aliphatic heterocycles. The van der Waals surface area contributed by atoms with Gasteiger partial charge in [-0.2, -0.15) is 0 Å². The Morgan fingerprint density at radius 3 is 2.59 bits per heavy atom. The molecule has 2 aromatic carbocycles. The van der Waals surface area contributed by atoms with Crippen LogP contribution in [-0.4, -0.2) is 25.5 Å². The molecule has 22 heavy (non-hydrogen) atoms. The Balaban J connectivity index is 2.16. The van der Waals surface area contributed by atoms with Crippen LogP contribution in [0.25, 0.3) is 0 Å². The van der Waals surface area contributed by atoms with E-state index < -0.39 is 5.91 Å². The second-order valence-electron chi connectivity index (χ2n) is 5.16. The Labute approximate surface area is 128 Å². The molecule has 0 saturated heterocycles. The molecule has 0 bridgehead atoms. The molecular weight excluding hydrogens is 280 g/mol. The van der Waals surface area contributed by atoms with Crippen LogP contribution in [0.1, 0.15) is 37.8 Å². The van der Waals surface area contributed by atoms with E-state index in [1.807, 2.05) is 30.3 Å². The van der Waals surface area contributed by atoms with E-state index in [9.17, 15) is 9.59 Å². The van der Waals surface area contributed by atoms with Crippen molar-refractivity contribution in [3.63, 3.8) is 0 Å². The Bertz CT molecular complexity index is 741. The van der Waals surface area contributed by atoms with Crippen molar-refractivity contribution in [2.75, 3.05) is 13.7 Å². The normalized spacial score (nSPS) is 15.8. The van der Waals surface area contributed by atoms with Crippen LogP contribution >= 0.6 is 0 Å². The maximum absolute atomic E-state index is 12.0. The SMILES string of the molecule is CNC(=O)c1cc(C(N)=O)cc2c1OC[C@H]2c1ccccc1. The van der Waals surface area contributed by atoms with Crippen LogP contribution in [0.5, 0.6) is 5.75 Å². The number of ether oxygens (including phenoxy) is 1. The number of amides is 2. The molecule has 1 aliphatic rings. The van der Waals surface area contributed by atoms with Crippen molar-refractivity contribution in [2.24, 2.45) is 5.73 Å². The lowest BCUT2D eigenvalue weighted by Gasteiger charge is -2.11. The highest BCUT2D eigenvalue weighted by Gasteiger charge is 2.31. The lowest BCUT2D eigenvalue weighted by Crippen LogP contribution is -2.20. The van der Waals surface area contributed by atoms with E-state index in [4.69, 9.17) is 10.5 Å². The number of hydrogen-bond acceptors (Lipinski definition) is 3. The summed E-state index contributed by atoms with van der Waals surface area (Å²) >= 11 is 0. The van der Waals surface area contributed by atoms with E-state index >= 15 is 0 Å². The van der Waals surface area contributed by atoms with Crippen molar-refractivity contribution in [1.82, 2.24) is 5.32 Å². The highest BCUT2D eigenvalue weighted by Crippen LogP contribution is 2.41. The minimum Gasteiger partial charge on any atom is -0.491 e. The summed E-state index contributed by atoms with van der Waals surface area (Å²) in [4.78, 5) is 23.6. The first kappa shape index (κ1) is 14.1. The van der Waals surface area contributed by atoms with Crippen LogP contribution in [0, 0.1) is 0 Å². The molecule has 112 valence electrons. The van der Waals surface area contributed by atoms with Gasteiger partial charge in [0.2, 0.25) is 5.91 Å². The van der Waals surface area contributed by atoms with E-state index in [0.29, 0.717) is 23.5 Å². The molecule has 3 N–H and O–H groups in total. The maximum atomic E-state index is 12.0. The average molecular weight is 296 g/mol. The summed E-state index contributed by atoms with van der Waals surface area (Å²) in [5.74, 6) is -0.350. The second kappa shape index (κ2) is 5.52. The zero-order chi connectivity index (χ0) is 15.7. The van der Waals surface area contributed by atoms with Crippen molar-refractivity contribution in [3.8, 4) is 5.75 Å². The van der Waals surface area contributed by atoms with Gasteiger partial charge in [-0.3, -0.25) is 9.59 Å². The van der Waals surface area contributed by atoms with Crippen molar-refractivity contribution in [1.29, 1.82) is 0 Å². The number of hydrogen-bond donors (Lipinski definition) is 2. The lowest BCUT2D eigenvalue weighted by molar-refractivity contribution is 0.0960. The number of nitrogens with two attached hydrogens (primary N) is 1. The van der Waals surface area contributed by atoms with Gasteiger partial charge in [-0.15, -0.1) is 0 Å². The smallest absolute Gasteiger partial charge is 0.254 e. The van der Waals surface area contributed by atoms with Crippen LogP contribution in [0.15, 0.2) is 42.5 Å². The van der Waals surface area contributed by atoms with Crippen LogP contribution in [-0.2, 0) is 0 Å². The van der Waals surface area contributed by atoms with Gasteiger partial charge in [0, 0.05) is 24.1 Å². The highest BCUT2D eigenvalue weighted by molar-refractivity contribution is 6.02.